The number of amides is 1. The number of nitrogens with zero attached hydrogens (tertiary/aromatic N) is 6. The van der Waals surface area contributed by atoms with Gasteiger partial charge >= 0.3 is 6.18 Å². The normalized spacial score (nSPS) is 11.6. The molecule has 0 unspecified atom stereocenters. The Balaban J connectivity index is 1.48. The minimum absolute atomic E-state index is 0.0845. The van der Waals surface area contributed by atoms with E-state index >= 15 is 0 Å². The summed E-state index contributed by atoms with van der Waals surface area (Å²) < 4.78 is 41.1. The fourth-order valence-electron chi connectivity index (χ4n) is 3.71. The molecule has 3 heterocycles. The lowest BCUT2D eigenvalue weighted by Gasteiger charge is -2.24. The minimum Gasteiger partial charge on any atom is -0.351 e. The third-order valence-corrected chi connectivity index (χ3v) is 5.43. The number of anilines is 1. The summed E-state index contributed by atoms with van der Waals surface area (Å²) in [5.74, 6) is -0.362. The second-order valence-corrected chi connectivity index (χ2v) is 7.76. The number of hydrogen-bond donors (Lipinski definition) is 1. The predicted octanol–water partition coefficient (Wildman–Crippen LogP) is 4.47. The van der Waals surface area contributed by atoms with Gasteiger partial charge in [-0.15, -0.1) is 5.10 Å². The molecule has 0 aliphatic heterocycles. The maximum atomic E-state index is 13.4. The fraction of sp³-hybridized carbons (Fsp3) is 0.125. The van der Waals surface area contributed by atoms with Crippen LogP contribution >= 0.6 is 0 Å². The smallest absolute Gasteiger partial charge is 0.351 e. The number of rotatable bonds is 6. The van der Waals surface area contributed by atoms with Gasteiger partial charge in [0.05, 0.1) is 24.1 Å². The van der Waals surface area contributed by atoms with Gasteiger partial charge in [-0.2, -0.15) is 13.2 Å². The number of halogens is 3. The molecule has 1 N–H and O–H groups in total. The number of fused-ring (bicyclic) bond motifs is 1. The first-order valence-corrected chi connectivity index (χ1v) is 10.6. The molecule has 0 aliphatic carbocycles. The monoisotopic (exact) mass is 477 g/mol. The van der Waals surface area contributed by atoms with Gasteiger partial charge in [-0.1, -0.05) is 29.5 Å². The molecule has 1 amide bonds. The fourth-order valence-corrected chi connectivity index (χ4v) is 3.71. The number of benzene rings is 2. The van der Waals surface area contributed by atoms with Gasteiger partial charge in [0.25, 0.3) is 0 Å². The minimum atomic E-state index is -4.59. The highest BCUT2D eigenvalue weighted by Crippen LogP contribution is 2.29. The van der Waals surface area contributed by atoms with Crippen LogP contribution < -0.4 is 4.90 Å². The molecule has 2 aromatic carbocycles. The van der Waals surface area contributed by atoms with Crippen LogP contribution in [0.3, 0.4) is 0 Å². The molecule has 0 fully saturated rings. The number of carbonyl (C=O) groups is 1. The lowest BCUT2D eigenvalue weighted by Crippen LogP contribution is -2.34. The van der Waals surface area contributed by atoms with E-state index in [2.05, 4.69) is 25.3 Å². The molecule has 176 valence electrons. The molecule has 0 saturated carbocycles. The Morgan fingerprint density at radius 1 is 1.03 bits per heavy atom. The highest BCUT2D eigenvalue weighted by Gasteiger charge is 2.32. The van der Waals surface area contributed by atoms with Crippen LogP contribution in [0.25, 0.3) is 22.3 Å². The molecule has 0 atom stereocenters. The first-order valence-electron chi connectivity index (χ1n) is 10.6. The van der Waals surface area contributed by atoms with Gasteiger partial charge in [0, 0.05) is 23.6 Å². The van der Waals surface area contributed by atoms with E-state index in [0.717, 1.165) is 23.5 Å². The molecule has 8 nitrogen and oxygen atoms in total. The number of pyridine rings is 1. The number of aromatic nitrogens is 6. The number of para-hydroxylation sites is 1. The molecule has 0 saturated heterocycles. The van der Waals surface area contributed by atoms with E-state index in [1.807, 2.05) is 12.1 Å². The molecular formula is C24H18F3N7O. The summed E-state index contributed by atoms with van der Waals surface area (Å²) in [5, 5.41) is 8.13. The van der Waals surface area contributed by atoms with Crippen molar-refractivity contribution >= 4 is 22.6 Å². The van der Waals surface area contributed by atoms with Crippen molar-refractivity contribution in [3.8, 4) is 11.3 Å². The lowest BCUT2D eigenvalue weighted by atomic mass is 10.1. The molecule has 0 radical (unpaired) electrons. The molecule has 0 spiro atoms. The van der Waals surface area contributed by atoms with Crippen LogP contribution in [0.15, 0.2) is 79.4 Å². The van der Waals surface area contributed by atoms with Crippen molar-refractivity contribution in [2.75, 3.05) is 4.90 Å². The van der Waals surface area contributed by atoms with Crippen LogP contribution in [-0.4, -0.2) is 35.9 Å². The maximum absolute atomic E-state index is 13.4. The molecule has 35 heavy (non-hydrogen) atoms. The quantitative estimate of drug-likeness (QED) is 0.390. The van der Waals surface area contributed by atoms with Gasteiger partial charge < -0.3 is 9.88 Å². The van der Waals surface area contributed by atoms with Crippen LogP contribution in [0.2, 0.25) is 0 Å². The first kappa shape index (κ1) is 22.3. The number of carbonyl (C=O) groups excluding carboxylic acids is 1. The van der Waals surface area contributed by atoms with Gasteiger partial charge in [0.2, 0.25) is 5.91 Å². The largest absolute Gasteiger partial charge is 0.433 e. The van der Waals surface area contributed by atoms with Gasteiger partial charge in [-0.05, 0) is 42.0 Å². The SMILES string of the molecule is O=C(Cn1nnc2ccccc21)N(Cc1ccnc(C(F)(F)F)c1)c1ccc(-c2c[nH]cn2)cc1. The van der Waals surface area contributed by atoms with Gasteiger partial charge in [0.15, 0.2) is 0 Å². The highest BCUT2D eigenvalue weighted by atomic mass is 19.4. The number of hydrogen-bond acceptors (Lipinski definition) is 5. The van der Waals surface area contributed by atoms with E-state index in [0.29, 0.717) is 22.3 Å². The molecule has 11 heteroatoms. The van der Waals surface area contributed by atoms with E-state index in [-0.39, 0.29) is 19.0 Å². The standard InChI is InChI=1S/C24H18F3N7O/c25-24(26,27)22-11-16(9-10-29-22)13-33(18-7-5-17(6-8-18)20-12-28-15-30-20)23(35)14-34-21-4-2-1-3-19(21)31-32-34/h1-12,15H,13-14H2,(H,28,30). The van der Waals surface area contributed by atoms with E-state index in [1.165, 1.54) is 15.6 Å². The zero-order valence-electron chi connectivity index (χ0n) is 18.1. The summed E-state index contributed by atoms with van der Waals surface area (Å²) >= 11 is 0. The maximum Gasteiger partial charge on any atom is 0.433 e. The van der Waals surface area contributed by atoms with Gasteiger partial charge in [-0.3, -0.25) is 9.78 Å². The average molecular weight is 477 g/mol. The van der Waals surface area contributed by atoms with E-state index in [4.69, 9.17) is 0 Å². The van der Waals surface area contributed by atoms with Gasteiger partial charge in [-0.25, -0.2) is 9.67 Å². The Morgan fingerprint density at radius 2 is 1.83 bits per heavy atom. The van der Waals surface area contributed by atoms with Crippen molar-refractivity contribution in [2.45, 2.75) is 19.3 Å². The topological polar surface area (TPSA) is 92.6 Å². The number of imidazole rings is 1. The Kier molecular flexibility index (Phi) is 5.73. The van der Waals surface area contributed by atoms with Crippen molar-refractivity contribution < 1.29 is 18.0 Å². The molecule has 0 bridgehead atoms. The summed E-state index contributed by atoms with van der Waals surface area (Å²) in [4.78, 5) is 25.4. The zero-order valence-corrected chi connectivity index (χ0v) is 18.1. The van der Waals surface area contributed by atoms with Crippen LogP contribution in [0.5, 0.6) is 0 Å². The molecular weight excluding hydrogens is 459 g/mol. The predicted molar refractivity (Wildman–Crippen MR) is 122 cm³/mol. The molecule has 5 rings (SSSR count). The Hall–Kier alpha value is -4.54. The number of alkyl halides is 3. The van der Waals surface area contributed by atoms with E-state index in [9.17, 15) is 18.0 Å². The Bertz CT molecular complexity index is 1460. The number of nitrogens with one attached hydrogen (secondary N) is 1. The summed E-state index contributed by atoms with van der Waals surface area (Å²) in [5.41, 5.74) is 2.67. The van der Waals surface area contributed by atoms with Gasteiger partial charge in [0.1, 0.15) is 17.8 Å². The van der Waals surface area contributed by atoms with Crippen molar-refractivity contribution in [2.24, 2.45) is 0 Å². The molecule has 5 aromatic rings. The van der Waals surface area contributed by atoms with E-state index < -0.39 is 11.9 Å². The number of aromatic amines is 1. The molecule has 0 aliphatic rings. The Labute approximate surface area is 197 Å². The van der Waals surface area contributed by atoms with Crippen LogP contribution in [-0.2, 0) is 24.1 Å². The number of H-pyrrole nitrogens is 1. The average Bonchev–Trinajstić information content (AvgIpc) is 3.53. The Morgan fingerprint density at radius 3 is 2.57 bits per heavy atom. The van der Waals surface area contributed by atoms with Crippen LogP contribution in [0, 0.1) is 0 Å². The third kappa shape index (κ3) is 4.74. The third-order valence-electron chi connectivity index (χ3n) is 5.43. The van der Waals surface area contributed by atoms with Crippen molar-refractivity contribution in [1.82, 2.24) is 29.9 Å². The summed E-state index contributed by atoms with van der Waals surface area (Å²) in [6.45, 7) is -0.225. The van der Waals surface area contributed by atoms with Crippen LogP contribution in [0.1, 0.15) is 11.3 Å². The zero-order chi connectivity index (χ0) is 24.4. The van der Waals surface area contributed by atoms with Crippen molar-refractivity contribution in [3.63, 3.8) is 0 Å². The van der Waals surface area contributed by atoms with Crippen molar-refractivity contribution in [3.05, 3.63) is 90.6 Å². The lowest BCUT2D eigenvalue weighted by molar-refractivity contribution is -0.141. The summed E-state index contributed by atoms with van der Waals surface area (Å²) in [7, 11) is 0. The first-order chi connectivity index (χ1) is 16.9. The van der Waals surface area contributed by atoms with E-state index in [1.54, 1.807) is 48.9 Å². The van der Waals surface area contributed by atoms with Crippen LogP contribution in [0.4, 0.5) is 18.9 Å². The summed E-state index contributed by atoms with van der Waals surface area (Å²) in [6, 6.07) is 16.7. The summed E-state index contributed by atoms with van der Waals surface area (Å²) in [6.07, 6.45) is -0.200. The highest BCUT2D eigenvalue weighted by molar-refractivity contribution is 5.94. The second-order valence-electron chi connectivity index (χ2n) is 7.76. The molecule has 3 aromatic heterocycles. The van der Waals surface area contributed by atoms with Crippen molar-refractivity contribution in [1.29, 1.82) is 0 Å². The second kappa shape index (κ2) is 9.01.